The van der Waals surface area contributed by atoms with E-state index in [4.69, 9.17) is 62.3 Å². The molecule has 70 heavy (non-hydrogen) atoms. The summed E-state index contributed by atoms with van der Waals surface area (Å²) < 4.78 is 54.0. The maximum atomic E-state index is 13.8. The van der Waals surface area contributed by atoms with Gasteiger partial charge in [0.05, 0.1) is 38.0 Å². The van der Waals surface area contributed by atoms with Gasteiger partial charge >= 0.3 is 0 Å². The highest BCUT2D eigenvalue weighted by atomic mass is 35.5. The number of aryl methyl sites for hydroxylation is 2. The second-order valence-electron chi connectivity index (χ2n) is 19.0. The number of rotatable bonds is 12. The summed E-state index contributed by atoms with van der Waals surface area (Å²) in [6, 6.07) is 13.0. The summed E-state index contributed by atoms with van der Waals surface area (Å²) in [5.74, 6) is 5.74. The number of benzene rings is 2. The first-order chi connectivity index (χ1) is 34.1. The molecule has 2 unspecified atom stereocenters. The highest BCUT2D eigenvalue weighted by molar-refractivity contribution is 6.31. The molecular weight excluding hydrogens is 946 g/mol. The zero-order valence-electron chi connectivity index (χ0n) is 38.8. The molecule has 4 aliphatic heterocycles. The van der Waals surface area contributed by atoms with E-state index in [2.05, 4.69) is 40.8 Å². The number of methoxy groups -OCH3 is 2. The molecule has 12 rings (SSSR count). The number of aromatic nitrogens is 10. The summed E-state index contributed by atoms with van der Waals surface area (Å²) in [6.07, 6.45) is 11.1. The third-order valence-electron chi connectivity index (χ3n) is 14.5. The number of piperidine rings is 2. The van der Waals surface area contributed by atoms with Crippen LogP contribution in [0, 0.1) is 35.3 Å². The topological polar surface area (TPSA) is 180 Å². The number of hydrogen-bond acceptors (Lipinski definition) is 16. The Hall–Kier alpha value is -6.28. The Balaban J connectivity index is 0.000000152. The first-order valence-electron chi connectivity index (χ1n) is 24.0. The van der Waals surface area contributed by atoms with Crippen LogP contribution in [-0.4, -0.2) is 102 Å². The van der Waals surface area contributed by atoms with E-state index in [-0.39, 0.29) is 12.2 Å². The molecule has 368 valence electrons. The molecule has 4 aromatic heterocycles. The van der Waals surface area contributed by atoms with Crippen LogP contribution in [0.4, 0.5) is 32.1 Å². The Morgan fingerprint density at radius 3 is 1.36 bits per heavy atom. The second kappa shape index (κ2) is 19.8. The van der Waals surface area contributed by atoms with Crippen LogP contribution in [0.15, 0.2) is 60.9 Å². The van der Waals surface area contributed by atoms with Gasteiger partial charge in [-0.25, -0.2) is 18.1 Å². The molecule has 2 aromatic carbocycles. The molecule has 8 heterocycles. The van der Waals surface area contributed by atoms with E-state index >= 15 is 0 Å². The molecule has 18 nitrogen and oxygen atoms in total. The van der Waals surface area contributed by atoms with Crippen LogP contribution in [-0.2, 0) is 13.1 Å². The fourth-order valence-corrected chi connectivity index (χ4v) is 11.8. The van der Waals surface area contributed by atoms with Crippen molar-refractivity contribution < 1.29 is 27.7 Å². The summed E-state index contributed by atoms with van der Waals surface area (Å²) in [5.41, 5.74) is 2.08. The summed E-state index contributed by atoms with van der Waals surface area (Å²) in [6.45, 7) is 5.31. The quantitative estimate of drug-likeness (QED) is 0.120. The maximum Gasteiger partial charge on any atom is 0.242 e. The molecule has 2 saturated heterocycles. The lowest BCUT2D eigenvalue weighted by Crippen LogP contribution is -2.48. The average Bonchev–Trinajstić information content (AvgIpc) is 4.08. The number of halogens is 4. The van der Waals surface area contributed by atoms with Gasteiger partial charge in [-0.15, -0.1) is 20.4 Å². The standard InChI is InChI=1S/2C24H27ClFN7O2/c2*1-34-21-10-18(11-27-30-21)32-12-14-4-5-15(13-32)22(14)28-24-29-23-20(3-2-6-33(23)31-24)35-19-8-16(25)7-17(26)9-19/h2*7-11,14-15,20,22H,2-6,12-13H2,1H3,(H,28,31)/t2*14-,15+,20-,22?/m10/s1. The van der Waals surface area contributed by atoms with Crippen molar-refractivity contribution in [2.45, 2.75) is 88.7 Å². The van der Waals surface area contributed by atoms with Crippen molar-refractivity contribution in [2.75, 3.05) is 60.8 Å². The number of nitrogens with one attached hydrogen (secondary N) is 2. The minimum Gasteiger partial charge on any atom is -0.482 e. The zero-order chi connectivity index (χ0) is 47.9. The predicted molar refractivity (Wildman–Crippen MR) is 257 cm³/mol. The van der Waals surface area contributed by atoms with Crippen molar-refractivity contribution in [2.24, 2.45) is 23.7 Å². The first-order valence-corrected chi connectivity index (χ1v) is 24.8. The van der Waals surface area contributed by atoms with Gasteiger partial charge in [-0.3, -0.25) is 0 Å². The third kappa shape index (κ3) is 9.89. The van der Waals surface area contributed by atoms with E-state index in [0.29, 0.717) is 81.0 Å². The molecule has 2 N–H and O–H groups in total. The monoisotopic (exact) mass is 998 g/mol. The smallest absolute Gasteiger partial charge is 0.242 e. The van der Waals surface area contributed by atoms with Gasteiger partial charge in [0.15, 0.2) is 23.9 Å². The molecule has 8 atom stereocenters. The second-order valence-corrected chi connectivity index (χ2v) is 19.9. The molecule has 4 bridgehead atoms. The Morgan fingerprint density at radius 2 is 0.971 bits per heavy atom. The Morgan fingerprint density at radius 1 is 0.557 bits per heavy atom. The van der Waals surface area contributed by atoms with Gasteiger partial charge in [-0.2, -0.15) is 20.2 Å². The van der Waals surface area contributed by atoms with E-state index in [1.807, 2.05) is 21.5 Å². The molecule has 4 fully saturated rings. The minimum atomic E-state index is -0.421. The number of ether oxygens (including phenoxy) is 4. The van der Waals surface area contributed by atoms with Crippen molar-refractivity contribution in [1.82, 2.24) is 49.9 Å². The number of anilines is 4. The summed E-state index contributed by atoms with van der Waals surface area (Å²) in [5, 5.41) is 33.5. The van der Waals surface area contributed by atoms with Crippen molar-refractivity contribution in [3.8, 4) is 23.3 Å². The largest absolute Gasteiger partial charge is 0.482 e. The fraction of sp³-hybridized carbons (Fsp3) is 0.500. The summed E-state index contributed by atoms with van der Waals surface area (Å²) >= 11 is 12.0. The molecular formula is C48H54Cl2F2N14O4. The first kappa shape index (κ1) is 46.1. The van der Waals surface area contributed by atoms with Crippen molar-refractivity contribution in [3.63, 3.8) is 0 Å². The van der Waals surface area contributed by atoms with Crippen LogP contribution < -0.4 is 39.4 Å². The normalized spacial score (nSPS) is 25.3. The van der Waals surface area contributed by atoms with E-state index < -0.39 is 11.6 Å². The van der Waals surface area contributed by atoms with E-state index in [9.17, 15) is 8.78 Å². The van der Waals surface area contributed by atoms with Crippen molar-refractivity contribution in [1.29, 1.82) is 0 Å². The average molecular weight is 1000 g/mol. The maximum absolute atomic E-state index is 13.8. The molecule has 0 spiro atoms. The number of fused-ring (bicyclic) bond motifs is 6. The van der Waals surface area contributed by atoms with Gasteiger partial charge < -0.3 is 39.4 Å². The Labute approximate surface area is 413 Å². The highest BCUT2D eigenvalue weighted by Crippen LogP contribution is 2.43. The Kier molecular flexibility index (Phi) is 13.1. The molecule has 6 aliphatic rings. The fourth-order valence-electron chi connectivity index (χ4n) is 11.3. The lowest BCUT2D eigenvalue weighted by atomic mass is 9.92. The SMILES string of the molecule is COc1cc(N2C[C@H]3CC[C@@H](C2)C3Nc2nc3n(n2)CCC[C@@H]3Oc2cc(F)cc(Cl)c2)cnn1.COc1cc(N2C[C@H]3CC[C@@H](C2)C3Nc2nc3n(n2)CCC[C@H]3Oc2cc(F)cc(Cl)c2)cnn1. The van der Waals surface area contributed by atoms with Crippen molar-refractivity contribution >= 4 is 46.5 Å². The van der Waals surface area contributed by atoms with Crippen LogP contribution in [0.1, 0.15) is 75.2 Å². The molecule has 0 amide bonds. The van der Waals surface area contributed by atoms with E-state index in [0.717, 1.165) is 114 Å². The van der Waals surface area contributed by atoms with Gasteiger partial charge in [-0.1, -0.05) is 23.2 Å². The number of nitrogens with zero attached hydrogens (tertiary/aromatic N) is 12. The highest BCUT2D eigenvalue weighted by Gasteiger charge is 2.44. The van der Waals surface area contributed by atoms with Gasteiger partial charge in [0, 0.05) is 85.7 Å². The van der Waals surface area contributed by atoms with Gasteiger partial charge in [0.1, 0.15) is 23.1 Å². The van der Waals surface area contributed by atoms with Crippen molar-refractivity contribution in [3.05, 3.63) is 94.3 Å². The Bertz CT molecular complexity index is 2570. The van der Waals surface area contributed by atoms with Crippen LogP contribution in [0.3, 0.4) is 0 Å². The summed E-state index contributed by atoms with van der Waals surface area (Å²) in [4.78, 5) is 14.4. The molecule has 22 heteroatoms. The van der Waals surface area contributed by atoms with Crippen LogP contribution in [0.25, 0.3) is 0 Å². The predicted octanol–water partition coefficient (Wildman–Crippen LogP) is 8.22. The summed E-state index contributed by atoms with van der Waals surface area (Å²) in [7, 11) is 3.21. The lowest BCUT2D eigenvalue weighted by molar-refractivity contribution is 0.155. The lowest BCUT2D eigenvalue weighted by Gasteiger charge is -2.39. The molecule has 2 saturated carbocycles. The van der Waals surface area contributed by atoms with Crippen LogP contribution in [0.2, 0.25) is 10.0 Å². The van der Waals surface area contributed by atoms with E-state index in [1.54, 1.807) is 38.7 Å². The zero-order valence-corrected chi connectivity index (χ0v) is 40.3. The molecule has 2 aliphatic carbocycles. The van der Waals surface area contributed by atoms with Gasteiger partial charge in [0.25, 0.3) is 0 Å². The van der Waals surface area contributed by atoms with E-state index in [1.165, 1.54) is 24.3 Å². The van der Waals surface area contributed by atoms with Crippen LogP contribution in [0.5, 0.6) is 23.3 Å². The number of hydrogen-bond donors (Lipinski definition) is 2. The minimum absolute atomic E-state index is 0.294. The third-order valence-corrected chi connectivity index (χ3v) is 15.0. The van der Waals surface area contributed by atoms with Crippen LogP contribution >= 0.6 is 23.2 Å². The molecule has 0 radical (unpaired) electrons. The van der Waals surface area contributed by atoms with Gasteiger partial charge in [0.2, 0.25) is 23.7 Å². The van der Waals surface area contributed by atoms with Gasteiger partial charge in [-0.05, 0) is 99.3 Å². The molecule has 6 aromatic rings.